The summed E-state index contributed by atoms with van der Waals surface area (Å²) >= 11 is 0. The first-order valence-electron chi connectivity index (χ1n) is 11.0. The first-order valence-corrected chi connectivity index (χ1v) is 11.0. The minimum absolute atomic E-state index is 0.0106. The number of rotatable bonds is 9. The molecule has 4 aromatic carbocycles. The molecule has 0 heterocycles. The van der Waals surface area contributed by atoms with Gasteiger partial charge >= 0.3 is 0 Å². The van der Waals surface area contributed by atoms with E-state index in [0.29, 0.717) is 17.2 Å². The lowest BCUT2D eigenvalue weighted by atomic mass is 9.95. The second-order valence-corrected chi connectivity index (χ2v) is 8.16. The molecule has 0 aliphatic heterocycles. The molecule has 4 N–H and O–H groups in total. The van der Waals surface area contributed by atoms with Gasteiger partial charge in [-0.1, -0.05) is 42.5 Å². The fraction of sp³-hybridized carbons (Fsp3) is 0.185. The zero-order valence-electron chi connectivity index (χ0n) is 19.6. The molecule has 0 spiro atoms. The third-order valence-electron chi connectivity index (χ3n) is 5.96. The number of benzene rings is 3. The molecule has 0 aliphatic carbocycles. The van der Waals surface area contributed by atoms with Gasteiger partial charge in [-0.2, -0.15) is 0 Å². The molecule has 0 amide bonds. The summed E-state index contributed by atoms with van der Waals surface area (Å²) in [7, 11) is 2.98. The fourth-order valence-corrected chi connectivity index (χ4v) is 4.04. The summed E-state index contributed by atoms with van der Waals surface area (Å²) in [5.41, 5.74) is 7.25. The molecular formula is C27H26FN3O4. The van der Waals surface area contributed by atoms with E-state index in [1.165, 1.54) is 26.4 Å². The maximum Gasteiger partial charge on any atom is 0.253 e. The SMILES string of the molecule is COc1cc(C(N[C@@H](C)c2ccccc2)c2ccc(F)cc2)cc(Nc2c(N)c(=O)c2=O)c1OC. The summed E-state index contributed by atoms with van der Waals surface area (Å²) in [4.78, 5) is 23.6. The zero-order chi connectivity index (χ0) is 25.1. The Morgan fingerprint density at radius 1 is 0.857 bits per heavy atom. The van der Waals surface area contributed by atoms with E-state index in [0.717, 1.165) is 16.7 Å². The van der Waals surface area contributed by atoms with Gasteiger partial charge in [0.05, 0.1) is 25.9 Å². The second kappa shape index (κ2) is 9.99. The highest BCUT2D eigenvalue weighted by atomic mass is 19.1. The van der Waals surface area contributed by atoms with Crippen molar-refractivity contribution in [3.05, 3.63) is 110 Å². The number of hydrogen-bond acceptors (Lipinski definition) is 7. The number of methoxy groups -OCH3 is 2. The first-order chi connectivity index (χ1) is 16.8. The molecular weight excluding hydrogens is 449 g/mol. The van der Waals surface area contributed by atoms with E-state index in [4.69, 9.17) is 15.2 Å². The van der Waals surface area contributed by atoms with E-state index in [2.05, 4.69) is 10.6 Å². The molecule has 0 aliphatic rings. The normalized spacial score (nSPS) is 12.8. The van der Waals surface area contributed by atoms with Crippen LogP contribution in [0.3, 0.4) is 0 Å². The molecule has 4 rings (SSSR count). The van der Waals surface area contributed by atoms with Crippen molar-refractivity contribution >= 4 is 17.1 Å². The Balaban J connectivity index is 1.81. The zero-order valence-corrected chi connectivity index (χ0v) is 19.6. The van der Waals surface area contributed by atoms with E-state index in [1.807, 2.05) is 43.3 Å². The van der Waals surface area contributed by atoms with Gasteiger partial charge in [0.1, 0.15) is 17.2 Å². The van der Waals surface area contributed by atoms with Gasteiger partial charge in [0.15, 0.2) is 11.5 Å². The number of ether oxygens (including phenoxy) is 2. The van der Waals surface area contributed by atoms with Gasteiger partial charge in [0.2, 0.25) is 0 Å². The van der Waals surface area contributed by atoms with Crippen LogP contribution in [0.15, 0.2) is 76.3 Å². The van der Waals surface area contributed by atoms with E-state index >= 15 is 0 Å². The lowest BCUT2D eigenvalue weighted by molar-refractivity contribution is 0.355. The van der Waals surface area contributed by atoms with E-state index < -0.39 is 10.9 Å². The first kappa shape index (κ1) is 24.0. The highest BCUT2D eigenvalue weighted by molar-refractivity contribution is 5.80. The van der Waals surface area contributed by atoms with Crippen LogP contribution >= 0.6 is 0 Å². The van der Waals surface area contributed by atoms with Gasteiger partial charge in [-0.15, -0.1) is 0 Å². The van der Waals surface area contributed by atoms with Crippen molar-refractivity contribution < 1.29 is 13.9 Å². The molecule has 180 valence electrons. The summed E-state index contributed by atoms with van der Waals surface area (Å²) in [6.07, 6.45) is 0. The number of anilines is 3. The smallest absolute Gasteiger partial charge is 0.253 e. The highest BCUT2D eigenvalue weighted by Crippen LogP contribution is 2.41. The molecule has 0 saturated carbocycles. The number of nitrogens with two attached hydrogens (primary N) is 1. The van der Waals surface area contributed by atoms with Crippen LogP contribution in [0.25, 0.3) is 0 Å². The molecule has 2 atom stereocenters. The number of nitrogen functional groups attached to an aromatic ring is 1. The molecule has 8 heteroatoms. The van der Waals surface area contributed by atoms with Crippen LogP contribution in [0.1, 0.15) is 35.7 Å². The third kappa shape index (κ3) is 4.74. The lowest BCUT2D eigenvalue weighted by Crippen LogP contribution is -2.36. The molecule has 0 aromatic heterocycles. The van der Waals surface area contributed by atoms with Crippen molar-refractivity contribution in [1.82, 2.24) is 5.32 Å². The van der Waals surface area contributed by atoms with Crippen LogP contribution in [-0.4, -0.2) is 14.2 Å². The van der Waals surface area contributed by atoms with Crippen LogP contribution in [-0.2, 0) is 0 Å². The quantitative estimate of drug-likeness (QED) is 0.312. The van der Waals surface area contributed by atoms with Gasteiger partial charge in [-0.3, -0.25) is 14.9 Å². The average Bonchev–Trinajstić information content (AvgIpc) is 2.90. The molecule has 0 radical (unpaired) electrons. The number of halogens is 1. The summed E-state index contributed by atoms with van der Waals surface area (Å²) in [5.74, 6) is 0.414. The van der Waals surface area contributed by atoms with Crippen molar-refractivity contribution in [2.45, 2.75) is 19.0 Å². The fourth-order valence-electron chi connectivity index (χ4n) is 4.04. The van der Waals surface area contributed by atoms with E-state index in [-0.39, 0.29) is 29.3 Å². The third-order valence-corrected chi connectivity index (χ3v) is 5.96. The molecule has 4 aromatic rings. The summed E-state index contributed by atoms with van der Waals surface area (Å²) in [6, 6.07) is 19.3. The van der Waals surface area contributed by atoms with Crippen LogP contribution < -0.4 is 36.7 Å². The molecule has 0 fully saturated rings. The maximum atomic E-state index is 13.7. The van der Waals surface area contributed by atoms with Crippen molar-refractivity contribution in [3.8, 4) is 11.5 Å². The maximum absolute atomic E-state index is 13.7. The predicted molar refractivity (Wildman–Crippen MR) is 135 cm³/mol. The molecule has 0 saturated heterocycles. The molecule has 35 heavy (non-hydrogen) atoms. The molecule has 1 unspecified atom stereocenters. The molecule has 0 bridgehead atoms. The second-order valence-electron chi connectivity index (χ2n) is 8.16. The van der Waals surface area contributed by atoms with E-state index in [1.54, 1.807) is 18.2 Å². The van der Waals surface area contributed by atoms with Crippen LogP contribution in [0, 0.1) is 5.82 Å². The minimum Gasteiger partial charge on any atom is -0.493 e. The molecule has 7 nitrogen and oxygen atoms in total. The highest BCUT2D eigenvalue weighted by Gasteiger charge is 2.24. The largest absolute Gasteiger partial charge is 0.493 e. The van der Waals surface area contributed by atoms with E-state index in [9.17, 15) is 14.0 Å². The van der Waals surface area contributed by atoms with Gasteiger partial charge in [0, 0.05) is 6.04 Å². The summed E-state index contributed by atoms with van der Waals surface area (Å²) in [5, 5.41) is 6.54. The lowest BCUT2D eigenvalue weighted by Gasteiger charge is -2.26. The number of nitrogens with one attached hydrogen (secondary N) is 2. The van der Waals surface area contributed by atoms with Gasteiger partial charge in [-0.25, -0.2) is 4.39 Å². The predicted octanol–water partition coefficient (Wildman–Crippen LogP) is 4.20. The summed E-state index contributed by atoms with van der Waals surface area (Å²) in [6.45, 7) is 2.04. The summed E-state index contributed by atoms with van der Waals surface area (Å²) < 4.78 is 24.8. The Kier molecular flexibility index (Phi) is 6.84. The Hall–Kier alpha value is -4.17. The Labute approximate surface area is 202 Å². The minimum atomic E-state index is -0.725. The van der Waals surface area contributed by atoms with Crippen molar-refractivity contribution in [2.24, 2.45) is 0 Å². The standard InChI is InChI=1S/C27H26FN3O4/c1-15(16-7-5-4-6-8-16)30-23(17-9-11-19(28)12-10-17)18-13-20(27(35-3)21(14-18)34-2)31-24-22(29)25(32)26(24)33/h4-15,23,30-31H,29H2,1-3H3/t15-,23?/m0/s1. The van der Waals surface area contributed by atoms with Crippen molar-refractivity contribution in [3.63, 3.8) is 0 Å². The Morgan fingerprint density at radius 2 is 1.54 bits per heavy atom. The Bertz CT molecular complexity index is 1400. The van der Waals surface area contributed by atoms with Gasteiger partial charge in [0.25, 0.3) is 10.9 Å². The van der Waals surface area contributed by atoms with Crippen molar-refractivity contribution in [1.29, 1.82) is 0 Å². The topological polar surface area (TPSA) is 103 Å². The van der Waals surface area contributed by atoms with Crippen LogP contribution in [0.4, 0.5) is 21.5 Å². The van der Waals surface area contributed by atoms with Crippen LogP contribution in [0.5, 0.6) is 11.5 Å². The number of hydrogen-bond donors (Lipinski definition) is 3. The van der Waals surface area contributed by atoms with Gasteiger partial charge < -0.3 is 20.5 Å². The Morgan fingerprint density at radius 3 is 2.14 bits per heavy atom. The van der Waals surface area contributed by atoms with Crippen molar-refractivity contribution in [2.75, 3.05) is 25.3 Å². The average molecular weight is 476 g/mol. The van der Waals surface area contributed by atoms with Crippen LogP contribution in [0.2, 0.25) is 0 Å². The van der Waals surface area contributed by atoms with Gasteiger partial charge in [-0.05, 0) is 47.9 Å². The monoisotopic (exact) mass is 475 g/mol.